The maximum atomic E-state index is 12.1. The molecule has 1 atom stereocenters. The highest BCUT2D eigenvalue weighted by Crippen LogP contribution is 2.09. The van der Waals surface area contributed by atoms with Crippen molar-refractivity contribution in [2.75, 3.05) is 0 Å². The van der Waals surface area contributed by atoms with E-state index in [1.807, 2.05) is 44.2 Å². The van der Waals surface area contributed by atoms with Gasteiger partial charge in [0, 0.05) is 6.04 Å². The fraction of sp³-hybridized carbons (Fsp3) is 0.250. The summed E-state index contributed by atoms with van der Waals surface area (Å²) >= 11 is 0. The molecule has 0 spiro atoms. The molecule has 0 aliphatic rings. The van der Waals surface area contributed by atoms with Crippen LogP contribution in [0, 0.1) is 6.92 Å². The molecule has 2 rings (SSSR count). The molecule has 0 aromatic heterocycles. The van der Waals surface area contributed by atoms with Crippen LogP contribution in [0.5, 0.6) is 0 Å². The van der Waals surface area contributed by atoms with E-state index in [9.17, 15) is 8.42 Å². The van der Waals surface area contributed by atoms with Crippen molar-refractivity contribution in [2.24, 2.45) is 0 Å². The fourth-order valence-electron chi connectivity index (χ4n) is 1.97. The average Bonchev–Trinajstić information content (AvgIpc) is 2.47. The summed E-state index contributed by atoms with van der Waals surface area (Å²) < 4.78 is 24.3. The zero-order valence-corrected chi connectivity index (χ0v) is 13.0. The van der Waals surface area contributed by atoms with Gasteiger partial charge in [0.1, 0.15) is 0 Å². The van der Waals surface area contributed by atoms with E-state index in [0.29, 0.717) is 0 Å². The monoisotopic (exact) mass is 304 g/mol. The minimum atomic E-state index is -3.53. The largest absolute Gasteiger partial charge is 0.253 e. The third kappa shape index (κ3) is 4.67. The lowest BCUT2D eigenvalue weighted by molar-refractivity contribution is 0.499. The van der Waals surface area contributed by atoms with Gasteiger partial charge in [-0.2, -0.15) is 0 Å². The van der Waals surface area contributed by atoms with Gasteiger partial charge in [0.25, 0.3) is 10.0 Å². The molecule has 0 saturated carbocycles. The molecular formula is C16H20N2O2S. The van der Waals surface area contributed by atoms with Crippen molar-refractivity contribution in [3.05, 3.63) is 65.7 Å². The SMILES string of the molecule is Cc1ccc(S(=O)(=O)NNC(C)Cc2ccccc2)cc1. The zero-order valence-electron chi connectivity index (χ0n) is 12.2. The van der Waals surface area contributed by atoms with E-state index in [4.69, 9.17) is 0 Å². The molecule has 4 nitrogen and oxygen atoms in total. The number of aryl methyl sites for hydroxylation is 1. The van der Waals surface area contributed by atoms with E-state index in [-0.39, 0.29) is 10.9 Å². The van der Waals surface area contributed by atoms with Crippen LogP contribution in [-0.4, -0.2) is 14.5 Å². The second kappa shape index (κ2) is 6.85. The summed E-state index contributed by atoms with van der Waals surface area (Å²) in [5.41, 5.74) is 5.03. The van der Waals surface area contributed by atoms with Crippen LogP contribution >= 0.6 is 0 Å². The number of hydrogen-bond donors (Lipinski definition) is 2. The van der Waals surface area contributed by atoms with Crippen molar-refractivity contribution in [2.45, 2.75) is 31.2 Å². The summed E-state index contributed by atoms with van der Waals surface area (Å²) in [5, 5.41) is 0. The molecule has 1 unspecified atom stereocenters. The first-order chi connectivity index (χ1) is 9.97. The van der Waals surface area contributed by atoms with Crippen molar-refractivity contribution >= 4 is 10.0 Å². The number of sulfonamides is 1. The van der Waals surface area contributed by atoms with Gasteiger partial charge in [-0.25, -0.2) is 13.8 Å². The van der Waals surface area contributed by atoms with Crippen molar-refractivity contribution in [1.82, 2.24) is 10.3 Å². The highest BCUT2D eigenvalue weighted by Gasteiger charge is 2.14. The molecule has 0 aliphatic heterocycles. The average molecular weight is 304 g/mol. The number of nitrogens with one attached hydrogen (secondary N) is 2. The Morgan fingerprint density at radius 1 is 1.00 bits per heavy atom. The molecule has 2 aromatic carbocycles. The Bertz CT molecular complexity index is 667. The third-order valence-electron chi connectivity index (χ3n) is 3.16. The van der Waals surface area contributed by atoms with Gasteiger partial charge in [0.05, 0.1) is 4.90 Å². The second-order valence-corrected chi connectivity index (χ2v) is 6.84. The first-order valence-corrected chi connectivity index (χ1v) is 8.33. The summed E-state index contributed by atoms with van der Waals surface area (Å²) in [5.74, 6) is 0. The zero-order chi connectivity index (χ0) is 15.3. The Morgan fingerprint density at radius 2 is 1.62 bits per heavy atom. The second-order valence-electron chi connectivity index (χ2n) is 5.15. The number of hydrazine groups is 1. The molecule has 0 fully saturated rings. The van der Waals surface area contributed by atoms with Crippen LogP contribution in [0.3, 0.4) is 0 Å². The van der Waals surface area contributed by atoms with Crippen molar-refractivity contribution in [3.63, 3.8) is 0 Å². The predicted octanol–water partition coefficient (Wildman–Crippen LogP) is 2.41. The number of benzene rings is 2. The Hall–Kier alpha value is -1.69. The molecule has 0 saturated heterocycles. The molecule has 0 radical (unpaired) electrons. The van der Waals surface area contributed by atoms with Gasteiger partial charge in [-0.05, 0) is 38.0 Å². The minimum Gasteiger partial charge on any atom is -0.241 e. The Kier molecular flexibility index (Phi) is 5.12. The highest BCUT2D eigenvalue weighted by molar-refractivity contribution is 7.89. The molecule has 112 valence electrons. The molecule has 0 bridgehead atoms. The van der Waals surface area contributed by atoms with Crippen molar-refractivity contribution in [3.8, 4) is 0 Å². The molecule has 5 heteroatoms. The van der Waals surface area contributed by atoms with Crippen LogP contribution in [0.15, 0.2) is 59.5 Å². The van der Waals surface area contributed by atoms with Crippen LogP contribution in [0.4, 0.5) is 0 Å². The summed E-state index contributed by atoms with van der Waals surface area (Å²) in [7, 11) is -3.53. The van der Waals surface area contributed by atoms with Crippen LogP contribution in [0.1, 0.15) is 18.1 Å². The lowest BCUT2D eigenvalue weighted by Gasteiger charge is -2.15. The summed E-state index contributed by atoms with van der Waals surface area (Å²) in [4.78, 5) is 2.69. The normalized spacial score (nSPS) is 13.0. The van der Waals surface area contributed by atoms with E-state index in [0.717, 1.165) is 17.5 Å². The van der Waals surface area contributed by atoms with E-state index < -0.39 is 10.0 Å². The van der Waals surface area contributed by atoms with Gasteiger partial charge in [0.2, 0.25) is 0 Å². The Labute approximate surface area is 126 Å². The first-order valence-electron chi connectivity index (χ1n) is 6.85. The smallest absolute Gasteiger partial charge is 0.241 e. The molecule has 2 aromatic rings. The molecule has 2 N–H and O–H groups in total. The maximum absolute atomic E-state index is 12.1. The van der Waals surface area contributed by atoms with Gasteiger partial charge in [-0.3, -0.25) is 0 Å². The van der Waals surface area contributed by atoms with Crippen LogP contribution in [0.25, 0.3) is 0 Å². The topological polar surface area (TPSA) is 58.2 Å². The third-order valence-corrected chi connectivity index (χ3v) is 4.44. The predicted molar refractivity (Wildman–Crippen MR) is 84.2 cm³/mol. The minimum absolute atomic E-state index is 0.00683. The first kappa shape index (κ1) is 15.7. The number of rotatable bonds is 6. The van der Waals surface area contributed by atoms with E-state index >= 15 is 0 Å². The fourth-order valence-corrected chi connectivity index (χ4v) is 2.94. The van der Waals surface area contributed by atoms with Crippen LogP contribution in [0.2, 0.25) is 0 Å². The van der Waals surface area contributed by atoms with Gasteiger partial charge in [-0.15, -0.1) is 4.83 Å². The van der Waals surface area contributed by atoms with Gasteiger partial charge < -0.3 is 0 Å². The molecule has 21 heavy (non-hydrogen) atoms. The van der Waals surface area contributed by atoms with Crippen LogP contribution in [-0.2, 0) is 16.4 Å². The van der Waals surface area contributed by atoms with Crippen molar-refractivity contribution in [1.29, 1.82) is 0 Å². The summed E-state index contributed by atoms with van der Waals surface area (Å²) in [6, 6.07) is 16.7. The van der Waals surface area contributed by atoms with Gasteiger partial charge in [0.15, 0.2) is 0 Å². The molecule has 0 aliphatic carbocycles. The maximum Gasteiger partial charge on any atom is 0.253 e. The Morgan fingerprint density at radius 3 is 2.24 bits per heavy atom. The summed E-state index contributed by atoms with van der Waals surface area (Å²) in [6.45, 7) is 3.86. The van der Waals surface area contributed by atoms with Crippen LogP contribution < -0.4 is 10.3 Å². The highest BCUT2D eigenvalue weighted by atomic mass is 32.2. The molecule has 0 heterocycles. The quantitative estimate of drug-likeness (QED) is 0.806. The van der Waals surface area contributed by atoms with Gasteiger partial charge in [-0.1, -0.05) is 48.0 Å². The molecular weight excluding hydrogens is 284 g/mol. The van der Waals surface area contributed by atoms with Gasteiger partial charge >= 0.3 is 0 Å². The van der Waals surface area contributed by atoms with Crippen molar-refractivity contribution < 1.29 is 8.42 Å². The van der Waals surface area contributed by atoms with E-state index in [1.54, 1.807) is 24.3 Å². The number of hydrogen-bond acceptors (Lipinski definition) is 3. The van der Waals surface area contributed by atoms with E-state index in [2.05, 4.69) is 10.3 Å². The summed E-state index contributed by atoms with van der Waals surface area (Å²) in [6.07, 6.45) is 0.747. The standard InChI is InChI=1S/C16H20N2O2S/c1-13-8-10-16(11-9-13)21(19,20)18-17-14(2)12-15-6-4-3-5-7-15/h3-11,14,17-18H,12H2,1-2H3. The lowest BCUT2D eigenvalue weighted by Crippen LogP contribution is -2.43. The lowest BCUT2D eigenvalue weighted by atomic mass is 10.1. The van der Waals surface area contributed by atoms with E-state index in [1.165, 1.54) is 0 Å². The molecule has 0 amide bonds. The Balaban J connectivity index is 1.94.